The van der Waals surface area contributed by atoms with Crippen molar-refractivity contribution in [2.24, 2.45) is 5.73 Å². The summed E-state index contributed by atoms with van der Waals surface area (Å²) < 4.78 is 6.26. The first-order valence-corrected chi connectivity index (χ1v) is 5.55. The molecule has 0 bridgehead atoms. The number of methoxy groups -OCH3 is 1. The van der Waals surface area contributed by atoms with Gasteiger partial charge in [0.05, 0.1) is 11.6 Å². The zero-order valence-corrected chi connectivity index (χ0v) is 9.80. The van der Waals surface area contributed by atoms with Crippen LogP contribution in [0.2, 0.25) is 0 Å². The Bertz CT molecular complexity index is 347. The Morgan fingerprint density at radius 2 is 2.21 bits per heavy atom. The molecule has 14 heavy (non-hydrogen) atoms. The van der Waals surface area contributed by atoms with E-state index in [-0.39, 0.29) is 5.41 Å². The number of hydrogen-bond donors (Lipinski definition) is 1. The van der Waals surface area contributed by atoms with E-state index in [1.165, 1.54) is 18.4 Å². The highest BCUT2D eigenvalue weighted by Crippen LogP contribution is 2.48. The van der Waals surface area contributed by atoms with E-state index < -0.39 is 0 Å². The molecule has 0 unspecified atom stereocenters. The molecule has 3 heteroatoms. The first-order chi connectivity index (χ1) is 6.72. The third-order valence-corrected chi connectivity index (χ3v) is 3.66. The SMILES string of the molecule is COc1cc(C2(CN)CC2)ccc1Br. The minimum atomic E-state index is 0.244. The molecule has 0 aliphatic heterocycles. The van der Waals surface area contributed by atoms with Gasteiger partial charge in [-0.15, -0.1) is 0 Å². The van der Waals surface area contributed by atoms with E-state index in [4.69, 9.17) is 10.5 Å². The molecular formula is C11H14BrNO. The lowest BCUT2D eigenvalue weighted by atomic mass is 9.96. The summed E-state index contributed by atoms with van der Waals surface area (Å²) in [6.45, 7) is 0.734. The van der Waals surface area contributed by atoms with Crippen LogP contribution in [0.15, 0.2) is 22.7 Å². The summed E-state index contributed by atoms with van der Waals surface area (Å²) in [4.78, 5) is 0. The molecule has 1 aliphatic rings. The van der Waals surface area contributed by atoms with E-state index in [0.717, 1.165) is 16.8 Å². The van der Waals surface area contributed by atoms with E-state index in [1.54, 1.807) is 7.11 Å². The average Bonchev–Trinajstić information content (AvgIpc) is 2.99. The quantitative estimate of drug-likeness (QED) is 0.901. The Balaban J connectivity index is 2.36. The normalized spacial score (nSPS) is 17.9. The number of nitrogens with two attached hydrogens (primary N) is 1. The maximum Gasteiger partial charge on any atom is 0.133 e. The predicted molar refractivity (Wildman–Crippen MR) is 60.7 cm³/mol. The minimum Gasteiger partial charge on any atom is -0.496 e. The standard InChI is InChI=1S/C11H14BrNO/c1-14-10-6-8(2-3-9(10)12)11(7-13)4-5-11/h2-3,6H,4-5,7,13H2,1H3. The van der Waals surface area contributed by atoms with Crippen molar-refractivity contribution in [3.8, 4) is 5.75 Å². The van der Waals surface area contributed by atoms with Gasteiger partial charge in [0.1, 0.15) is 5.75 Å². The second-order valence-corrected chi connectivity index (χ2v) is 4.69. The van der Waals surface area contributed by atoms with Gasteiger partial charge in [-0.2, -0.15) is 0 Å². The molecule has 1 aromatic rings. The zero-order valence-electron chi connectivity index (χ0n) is 8.22. The van der Waals surface area contributed by atoms with Gasteiger partial charge in [-0.1, -0.05) is 6.07 Å². The smallest absolute Gasteiger partial charge is 0.133 e. The Kier molecular flexibility index (Phi) is 2.54. The third-order valence-electron chi connectivity index (χ3n) is 3.01. The first-order valence-electron chi connectivity index (χ1n) is 4.76. The van der Waals surface area contributed by atoms with E-state index in [0.29, 0.717) is 0 Å². The number of rotatable bonds is 3. The van der Waals surface area contributed by atoms with Gasteiger partial charge in [0.25, 0.3) is 0 Å². The maximum absolute atomic E-state index is 5.78. The van der Waals surface area contributed by atoms with Gasteiger partial charge >= 0.3 is 0 Å². The summed E-state index contributed by atoms with van der Waals surface area (Å²) in [7, 11) is 1.69. The van der Waals surface area contributed by atoms with Crippen molar-refractivity contribution in [1.29, 1.82) is 0 Å². The van der Waals surface area contributed by atoms with Gasteiger partial charge in [0, 0.05) is 12.0 Å². The molecule has 1 aromatic carbocycles. The van der Waals surface area contributed by atoms with Crippen molar-refractivity contribution in [3.05, 3.63) is 28.2 Å². The molecule has 76 valence electrons. The first kappa shape index (κ1) is 9.99. The molecule has 1 fully saturated rings. The Labute approximate surface area is 92.6 Å². The zero-order chi connectivity index (χ0) is 10.2. The summed E-state index contributed by atoms with van der Waals surface area (Å²) in [5.41, 5.74) is 7.33. The van der Waals surface area contributed by atoms with Crippen LogP contribution >= 0.6 is 15.9 Å². The molecule has 0 aromatic heterocycles. The van der Waals surface area contributed by atoms with Crippen molar-refractivity contribution in [2.75, 3.05) is 13.7 Å². The van der Waals surface area contributed by atoms with Crippen LogP contribution < -0.4 is 10.5 Å². The van der Waals surface area contributed by atoms with Gasteiger partial charge < -0.3 is 10.5 Å². The summed E-state index contributed by atoms with van der Waals surface area (Å²) in [6, 6.07) is 6.25. The number of benzene rings is 1. The van der Waals surface area contributed by atoms with Crippen LogP contribution in [0.3, 0.4) is 0 Å². The van der Waals surface area contributed by atoms with Gasteiger partial charge in [-0.05, 0) is 46.5 Å². The third kappa shape index (κ3) is 1.55. The molecule has 0 atom stereocenters. The largest absolute Gasteiger partial charge is 0.496 e. The lowest BCUT2D eigenvalue weighted by Gasteiger charge is -2.14. The lowest BCUT2D eigenvalue weighted by Crippen LogP contribution is -2.19. The van der Waals surface area contributed by atoms with Gasteiger partial charge in [0.2, 0.25) is 0 Å². The fourth-order valence-electron chi connectivity index (χ4n) is 1.75. The van der Waals surface area contributed by atoms with Gasteiger partial charge in [0.15, 0.2) is 0 Å². The van der Waals surface area contributed by atoms with Crippen molar-refractivity contribution < 1.29 is 4.74 Å². The molecule has 0 heterocycles. The maximum atomic E-state index is 5.78. The van der Waals surface area contributed by atoms with Crippen molar-refractivity contribution in [1.82, 2.24) is 0 Å². The highest BCUT2D eigenvalue weighted by atomic mass is 79.9. The van der Waals surface area contributed by atoms with E-state index >= 15 is 0 Å². The predicted octanol–water partition coefficient (Wildman–Crippen LogP) is 2.45. The van der Waals surface area contributed by atoms with Crippen LogP contribution in [0, 0.1) is 0 Å². The van der Waals surface area contributed by atoms with E-state index in [2.05, 4.69) is 28.1 Å². The van der Waals surface area contributed by atoms with Crippen molar-refractivity contribution >= 4 is 15.9 Å². The second kappa shape index (κ2) is 3.55. The molecule has 2 rings (SSSR count). The molecular weight excluding hydrogens is 242 g/mol. The molecule has 2 nitrogen and oxygen atoms in total. The number of hydrogen-bond acceptors (Lipinski definition) is 2. The topological polar surface area (TPSA) is 35.2 Å². The molecule has 0 radical (unpaired) electrons. The molecule has 1 aliphatic carbocycles. The van der Waals surface area contributed by atoms with Crippen LogP contribution in [0.4, 0.5) is 0 Å². The summed E-state index contributed by atoms with van der Waals surface area (Å²) >= 11 is 3.44. The van der Waals surface area contributed by atoms with Gasteiger partial charge in [-0.25, -0.2) is 0 Å². The lowest BCUT2D eigenvalue weighted by molar-refractivity contribution is 0.411. The van der Waals surface area contributed by atoms with E-state index in [9.17, 15) is 0 Å². The average molecular weight is 256 g/mol. The van der Waals surface area contributed by atoms with Gasteiger partial charge in [-0.3, -0.25) is 0 Å². The summed E-state index contributed by atoms with van der Waals surface area (Å²) in [5, 5.41) is 0. The Morgan fingerprint density at radius 3 is 2.71 bits per heavy atom. The highest BCUT2D eigenvalue weighted by molar-refractivity contribution is 9.10. The minimum absolute atomic E-state index is 0.244. The van der Waals surface area contributed by atoms with Crippen LogP contribution in [-0.2, 0) is 5.41 Å². The molecule has 1 saturated carbocycles. The summed E-state index contributed by atoms with van der Waals surface area (Å²) in [6.07, 6.45) is 2.41. The molecule has 2 N–H and O–H groups in total. The number of halogens is 1. The van der Waals surface area contributed by atoms with Crippen molar-refractivity contribution in [2.45, 2.75) is 18.3 Å². The fraction of sp³-hybridized carbons (Fsp3) is 0.455. The number of ether oxygens (including phenoxy) is 1. The molecule has 0 saturated heterocycles. The van der Waals surface area contributed by atoms with Crippen LogP contribution in [0.5, 0.6) is 5.75 Å². The van der Waals surface area contributed by atoms with Crippen LogP contribution in [0.1, 0.15) is 18.4 Å². The fourth-order valence-corrected chi connectivity index (χ4v) is 2.16. The van der Waals surface area contributed by atoms with Crippen LogP contribution in [0.25, 0.3) is 0 Å². The summed E-state index contributed by atoms with van der Waals surface area (Å²) in [5.74, 6) is 0.891. The van der Waals surface area contributed by atoms with Crippen LogP contribution in [-0.4, -0.2) is 13.7 Å². The molecule has 0 amide bonds. The monoisotopic (exact) mass is 255 g/mol. The van der Waals surface area contributed by atoms with Crippen molar-refractivity contribution in [3.63, 3.8) is 0 Å². The van der Waals surface area contributed by atoms with E-state index in [1.807, 2.05) is 6.07 Å². The molecule has 0 spiro atoms. The Morgan fingerprint density at radius 1 is 1.50 bits per heavy atom. The second-order valence-electron chi connectivity index (χ2n) is 3.83. The Hall–Kier alpha value is -0.540. The highest BCUT2D eigenvalue weighted by Gasteiger charge is 2.43.